The molecule has 1 saturated heterocycles. The van der Waals surface area contributed by atoms with Crippen LogP contribution in [0.3, 0.4) is 0 Å². The first-order valence-electron chi connectivity index (χ1n) is 12.2. The summed E-state index contributed by atoms with van der Waals surface area (Å²) in [6, 6.07) is 5.23. The van der Waals surface area contributed by atoms with Gasteiger partial charge >= 0.3 is 0 Å². The lowest BCUT2D eigenvalue weighted by Crippen LogP contribution is -2.43. The fourth-order valence-corrected chi connectivity index (χ4v) is 6.20. The molecule has 2 heterocycles. The molecule has 1 aromatic carbocycles. The third-order valence-electron chi connectivity index (χ3n) is 7.04. The van der Waals surface area contributed by atoms with E-state index >= 15 is 0 Å². The van der Waals surface area contributed by atoms with E-state index in [4.69, 9.17) is 0 Å². The molecule has 0 saturated carbocycles. The smallest absolute Gasteiger partial charge is 0.243 e. The Hall–Kier alpha value is -2.26. The standard InChI is InChI=1S/C24H35N5O3S/c1-3-18(2)29-23-10-9-21(17-22(23)26-27-29)33(31,32)28-15-12-20(13-16-28)24(30)25-14-11-19-7-5-4-6-8-19/h7,9-10,17-18,20H,3-6,8,11-16H2,1-2H3,(H,25,30)/t18-/m1/s1. The summed E-state index contributed by atoms with van der Waals surface area (Å²) < 4.78 is 29.8. The minimum atomic E-state index is -3.63. The SMILES string of the molecule is CC[C@@H](C)n1nnc2cc(S(=O)(=O)N3CCC(C(=O)NCCC4=CCCCC4)CC3)ccc21. The van der Waals surface area contributed by atoms with Gasteiger partial charge in [-0.25, -0.2) is 13.1 Å². The van der Waals surface area contributed by atoms with Gasteiger partial charge in [0.25, 0.3) is 0 Å². The van der Waals surface area contributed by atoms with E-state index in [0.29, 0.717) is 38.0 Å². The van der Waals surface area contributed by atoms with Crippen LogP contribution in [0, 0.1) is 5.92 Å². The lowest BCUT2D eigenvalue weighted by molar-refractivity contribution is -0.126. The van der Waals surface area contributed by atoms with Crippen molar-refractivity contribution >= 4 is 27.0 Å². The van der Waals surface area contributed by atoms with E-state index in [1.54, 1.807) is 18.2 Å². The summed E-state index contributed by atoms with van der Waals surface area (Å²) in [6.07, 6.45) is 10.0. The minimum absolute atomic E-state index is 0.0477. The number of nitrogens with zero attached hydrogens (tertiary/aromatic N) is 4. The van der Waals surface area contributed by atoms with E-state index in [1.165, 1.54) is 22.7 Å². The number of sulfonamides is 1. The van der Waals surface area contributed by atoms with Crippen LogP contribution in [0.15, 0.2) is 34.7 Å². The molecule has 2 aliphatic rings. The highest BCUT2D eigenvalue weighted by Crippen LogP contribution is 2.27. The van der Waals surface area contributed by atoms with Crippen molar-refractivity contribution in [1.29, 1.82) is 0 Å². The zero-order valence-electron chi connectivity index (χ0n) is 19.7. The lowest BCUT2D eigenvalue weighted by atomic mass is 9.96. The molecule has 0 unspecified atom stereocenters. The van der Waals surface area contributed by atoms with Crippen LogP contribution in [0.2, 0.25) is 0 Å². The van der Waals surface area contributed by atoms with Gasteiger partial charge in [0, 0.05) is 25.6 Å². The zero-order chi connectivity index (χ0) is 23.4. The van der Waals surface area contributed by atoms with Gasteiger partial charge in [-0.2, -0.15) is 4.31 Å². The fourth-order valence-electron chi connectivity index (χ4n) is 4.71. The number of benzene rings is 1. The van der Waals surface area contributed by atoms with Gasteiger partial charge < -0.3 is 5.32 Å². The summed E-state index contributed by atoms with van der Waals surface area (Å²) in [5.74, 6) is -0.0822. The molecule has 1 atom stereocenters. The predicted molar refractivity (Wildman–Crippen MR) is 128 cm³/mol. The first-order valence-corrected chi connectivity index (χ1v) is 13.6. The van der Waals surface area contributed by atoms with Crippen molar-refractivity contribution in [2.75, 3.05) is 19.6 Å². The summed E-state index contributed by atoms with van der Waals surface area (Å²) in [5, 5.41) is 11.4. The number of carbonyl (C=O) groups excluding carboxylic acids is 1. The third kappa shape index (κ3) is 5.30. The van der Waals surface area contributed by atoms with Crippen LogP contribution >= 0.6 is 0 Å². The van der Waals surface area contributed by atoms with Crippen LogP contribution in [-0.2, 0) is 14.8 Å². The zero-order valence-corrected chi connectivity index (χ0v) is 20.5. The maximum atomic E-state index is 13.2. The molecule has 0 spiro atoms. The van der Waals surface area contributed by atoms with Gasteiger partial charge in [0.05, 0.1) is 16.5 Å². The molecular weight excluding hydrogens is 438 g/mol. The first kappa shape index (κ1) is 23.9. The van der Waals surface area contributed by atoms with Crippen molar-refractivity contribution in [3.05, 3.63) is 29.8 Å². The molecule has 0 radical (unpaired) electrons. The van der Waals surface area contributed by atoms with Crippen molar-refractivity contribution < 1.29 is 13.2 Å². The molecule has 180 valence electrons. The number of allylic oxidation sites excluding steroid dienone is 1. The largest absolute Gasteiger partial charge is 0.356 e. The number of amides is 1. The van der Waals surface area contributed by atoms with Gasteiger partial charge in [-0.15, -0.1) is 5.10 Å². The number of hydrogen-bond donors (Lipinski definition) is 1. The van der Waals surface area contributed by atoms with Crippen LogP contribution in [0.5, 0.6) is 0 Å². The van der Waals surface area contributed by atoms with Gasteiger partial charge in [-0.1, -0.05) is 23.8 Å². The van der Waals surface area contributed by atoms with Crippen LogP contribution in [0.25, 0.3) is 11.0 Å². The number of nitrogens with one attached hydrogen (secondary N) is 1. The van der Waals surface area contributed by atoms with E-state index in [9.17, 15) is 13.2 Å². The molecule has 8 nitrogen and oxygen atoms in total. The molecular formula is C24H35N5O3S. The molecule has 2 aromatic rings. The Bertz CT molecular complexity index is 1120. The Labute approximate surface area is 196 Å². The number of hydrogen-bond acceptors (Lipinski definition) is 5. The van der Waals surface area contributed by atoms with E-state index in [-0.39, 0.29) is 22.8 Å². The quantitative estimate of drug-likeness (QED) is 0.588. The molecule has 1 amide bonds. The van der Waals surface area contributed by atoms with Gasteiger partial charge in [-0.05, 0) is 76.5 Å². The molecule has 1 aliphatic heterocycles. The topological polar surface area (TPSA) is 97.2 Å². The summed E-state index contributed by atoms with van der Waals surface area (Å²) in [6.45, 7) is 5.51. The number of aromatic nitrogens is 3. The van der Waals surface area contributed by atoms with Gasteiger partial charge in [0.2, 0.25) is 15.9 Å². The fraction of sp³-hybridized carbons (Fsp3) is 0.625. The summed E-state index contributed by atoms with van der Waals surface area (Å²) in [5.41, 5.74) is 2.87. The lowest BCUT2D eigenvalue weighted by Gasteiger charge is -2.30. The highest BCUT2D eigenvalue weighted by molar-refractivity contribution is 7.89. The second-order valence-corrected chi connectivity index (χ2v) is 11.2. The molecule has 4 rings (SSSR count). The molecule has 1 aliphatic carbocycles. The molecule has 9 heteroatoms. The van der Waals surface area contributed by atoms with E-state index < -0.39 is 10.0 Å². The van der Waals surface area contributed by atoms with Crippen LogP contribution in [0.4, 0.5) is 0 Å². The van der Waals surface area contributed by atoms with Crippen molar-refractivity contribution in [3.63, 3.8) is 0 Å². The summed E-state index contributed by atoms with van der Waals surface area (Å²) >= 11 is 0. The summed E-state index contributed by atoms with van der Waals surface area (Å²) in [4.78, 5) is 12.8. The average Bonchev–Trinajstić information content (AvgIpc) is 3.27. The highest BCUT2D eigenvalue weighted by Gasteiger charge is 2.32. The summed E-state index contributed by atoms with van der Waals surface area (Å²) in [7, 11) is -3.63. The molecule has 1 fully saturated rings. The predicted octanol–water partition coefficient (Wildman–Crippen LogP) is 3.81. The molecule has 1 N–H and O–H groups in total. The highest BCUT2D eigenvalue weighted by atomic mass is 32.2. The van der Waals surface area contributed by atoms with Crippen LogP contribution < -0.4 is 5.32 Å². The Kier molecular flexibility index (Phi) is 7.48. The first-order chi connectivity index (χ1) is 15.9. The second kappa shape index (κ2) is 10.3. The average molecular weight is 474 g/mol. The van der Waals surface area contributed by atoms with E-state index in [1.807, 2.05) is 4.68 Å². The Morgan fingerprint density at radius 3 is 2.73 bits per heavy atom. The van der Waals surface area contributed by atoms with Crippen molar-refractivity contribution in [1.82, 2.24) is 24.6 Å². The number of rotatable bonds is 8. The minimum Gasteiger partial charge on any atom is -0.356 e. The van der Waals surface area contributed by atoms with Gasteiger partial charge in [0.15, 0.2) is 0 Å². The maximum Gasteiger partial charge on any atom is 0.243 e. The monoisotopic (exact) mass is 473 g/mol. The third-order valence-corrected chi connectivity index (χ3v) is 8.94. The van der Waals surface area contributed by atoms with E-state index in [2.05, 4.69) is 35.6 Å². The van der Waals surface area contributed by atoms with Gasteiger partial charge in [-0.3, -0.25) is 4.79 Å². The van der Waals surface area contributed by atoms with Gasteiger partial charge in [0.1, 0.15) is 5.52 Å². The van der Waals surface area contributed by atoms with Crippen molar-refractivity contribution in [3.8, 4) is 0 Å². The second-order valence-electron chi connectivity index (χ2n) is 9.27. The van der Waals surface area contributed by atoms with Crippen molar-refractivity contribution in [2.45, 2.75) is 76.2 Å². The number of piperidine rings is 1. The molecule has 1 aromatic heterocycles. The van der Waals surface area contributed by atoms with Crippen LogP contribution in [0.1, 0.15) is 71.3 Å². The Morgan fingerprint density at radius 1 is 1.24 bits per heavy atom. The molecule has 0 bridgehead atoms. The number of carbonyl (C=O) groups is 1. The molecule has 33 heavy (non-hydrogen) atoms. The normalized spacial score (nSPS) is 19.4. The Balaban J connectivity index is 1.33. The number of fused-ring (bicyclic) bond motifs is 1. The van der Waals surface area contributed by atoms with E-state index in [0.717, 1.165) is 31.2 Å². The van der Waals surface area contributed by atoms with Crippen molar-refractivity contribution in [2.24, 2.45) is 5.92 Å². The Morgan fingerprint density at radius 2 is 2.03 bits per heavy atom. The van der Waals surface area contributed by atoms with Crippen LogP contribution in [-0.4, -0.2) is 53.3 Å². The maximum absolute atomic E-state index is 13.2.